The minimum absolute atomic E-state index is 0.606. The maximum Gasteiger partial charge on any atom is 0.181 e. The Balaban J connectivity index is 2.05. The maximum absolute atomic E-state index is 4.34. The molecule has 0 spiro atoms. The predicted octanol–water partition coefficient (Wildman–Crippen LogP) is 1.73. The van der Waals surface area contributed by atoms with Crippen LogP contribution < -0.4 is 5.32 Å². The van der Waals surface area contributed by atoms with Crippen molar-refractivity contribution in [1.29, 1.82) is 0 Å². The molecule has 4 nitrogen and oxygen atoms in total. The van der Waals surface area contributed by atoms with Crippen LogP contribution in [0.2, 0.25) is 0 Å². The molecule has 3 rings (SSSR count). The fourth-order valence-corrected chi connectivity index (χ4v) is 2.44. The van der Waals surface area contributed by atoms with Gasteiger partial charge >= 0.3 is 0 Å². The van der Waals surface area contributed by atoms with E-state index in [9.17, 15) is 0 Å². The third-order valence-electron chi connectivity index (χ3n) is 3.32. The first-order valence-corrected chi connectivity index (χ1v) is 5.86. The van der Waals surface area contributed by atoms with Gasteiger partial charge in [-0.05, 0) is 44.5 Å². The van der Waals surface area contributed by atoms with Crippen LogP contribution in [0, 0.1) is 6.92 Å². The molecule has 0 atom stereocenters. The third kappa shape index (κ3) is 1.59. The van der Waals surface area contributed by atoms with Crippen LogP contribution in [0.3, 0.4) is 0 Å². The van der Waals surface area contributed by atoms with Crippen molar-refractivity contribution in [1.82, 2.24) is 20.5 Å². The predicted molar refractivity (Wildman–Crippen MR) is 63.5 cm³/mol. The van der Waals surface area contributed by atoms with Gasteiger partial charge in [0.05, 0.1) is 0 Å². The summed E-state index contributed by atoms with van der Waals surface area (Å²) in [6, 6.07) is 2.18. The standard InChI is InChI=1S/C12H16N4/c1-8-6-10-11(9-2-4-13-5-3-9)15-16-12(10)14-7-8/h6-7,9,13H,2-5H2,1H3,(H,14,15,16). The monoisotopic (exact) mass is 216 g/mol. The molecule has 4 heteroatoms. The van der Waals surface area contributed by atoms with E-state index in [1.165, 1.54) is 29.5 Å². The highest BCUT2D eigenvalue weighted by molar-refractivity contribution is 5.78. The lowest BCUT2D eigenvalue weighted by Gasteiger charge is -2.21. The summed E-state index contributed by atoms with van der Waals surface area (Å²) in [7, 11) is 0. The number of rotatable bonds is 1. The summed E-state index contributed by atoms with van der Waals surface area (Å²) in [5.74, 6) is 0.606. The van der Waals surface area contributed by atoms with E-state index in [2.05, 4.69) is 33.5 Å². The third-order valence-corrected chi connectivity index (χ3v) is 3.32. The first kappa shape index (κ1) is 9.78. The van der Waals surface area contributed by atoms with Gasteiger partial charge in [-0.25, -0.2) is 4.98 Å². The molecular formula is C12H16N4. The second-order valence-corrected chi connectivity index (χ2v) is 4.55. The largest absolute Gasteiger partial charge is 0.317 e. The van der Waals surface area contributed by atoms with Gasteiger partial charge in [-0.2, -0.15) is 5.10 Å². The Morgan fingerprint density at radius 1 is 1.31 bits per heavy atom. The van der Waals surface area contributed by atoms with Gasteiger partial charge in [0.2, 0.25) is 0 Å². The Morgan fingerprint density at radius 3 is 2.94 bits per heavy atom. The molecule has 2 aromatic heterocycles. The average molecular weight is 216 g/mol. The lowest BCUT2D eigenvalue weighted by Crippen LogP contribution is -2.26. The topological polar surface area (TPSA) is 53.6 Å². The number of nitrogens with zero attached hydrogens (tertiary/aromatic N) is 2. The van der Waals surface area contributed by atoms with Crippen molar-refractivity contribution >= 4 is 11.0 Å². The minimum atomic E-state index is 0.606. The average Bonchev–Trinajstić information content (AvgIpc) is 2.73. The second kappa shape index (κ2) is 3.87. The molecule has 0 radical (unpaired) electrons. The molecule has 1 saturated heterocycles. The van der Waals surface area contributed by atoms with Crippen LogP contribution in [0.5, 0.6) is 0 Å². The molecule has 0 saturated carbocycles. The lowest BCUT2D eigenvalue weighted by molar-refractivity contribution is 0.454. The van der Waals surface area contributed by atoms with Gasteiger partial charge in [-0.15, -0.1) is 0 Å². The number of hydrogen-bond donors (Lipinski definition) is 2. The molecule has 0 amide bonds. The molecule has 1 fully saturated rings. The molecule has 0 aliphatic carbocycles. The zero-order chi connectivity index (χ0) is 11.0. The fourth-order valence-electron chi connectivity index (χ4n) is 2.44. The number of aromatic nitrogens is 3. The van der Waals surface area contributed by atoms with Crippen LogP contribution in [0.1, 0.15) is 30.0 Å². The smallest absolute Gasteiger partial charge is 0.181 e. The normalized spacial score (nSPS) is 18.1. The van der Waals surface area contributed by atoms with Crippen LogP contribution in [0.25, 0.3) is 11.0 Å². The van der Waals surface area contributed by atoms with E-state index in [0.717, 1.165) is 18.7 Å². The van der Waals surface area contributed by atoms with Crippen molar-refractivity contribution in [3.8, 4) is 0 Å². The van der Waals surface area contributed by atoms with E-state index >= 15 is 0 Å². The number of pyridine rings is 1. The van der Waals surface area contributed by atoms with Gasteiger partial charge in [-0.1, -0.05) is 0 Å². The quantitative estimate of drug-likeness (QED) is 0.763. The maximum atomic E-state index is 4.34. The molecule has 3 heterocycles. The number of aromatic amines is 1. The van der Waals surface area contributed by atoms with Crippen LogP contribution in [-0.4, -0.2) is 28.3 Å². The summed E-state index contributed by atoms with van der Waals surface area (Å²) >= 11 is 0. The van der Waals surface area contributed by atoms with E-state index < -0.39 is 0 Å². The number of hydrogen-bond acceptors (Lipinski definition) is 3. The van der Waals surface area contributed by atoms with Crippen LogP contribution in [0.15, 0.2) is 12.3 Å². The van der Waals surface area contributed by atoms with Crippen molar-refractivity contribution < 1.29 is 0 Å². The molecule has 1 aliphatic rings. The second-order valence-electron chi connectivity index (χ2n) is 4.55. The number of H-pyrrole nitrogens is 1. The van der Waals surface area contributed by atoms with Gasteiger partial charge in [0.25, 0.3) is 0 Å². The highest BCUT2D eigenvalue weighted by atomic mass is 15.1. The Hall–Kier alpha value is -1.42. The number of nitrogens with one attached hydrogen (secondary N) is 2. The van der Waals surface area contributed by atoms with Gasteiger partial charge < -0.3 is 5.32 Å². The molecule has 2 N–H and O–H groups in total. The van der Waals surface area contributed by atoms with Gasteiger partial charge in [0.15, 0.2) is 5.65 Å². The fraction of sp³-hybridized carbons (Fsp3) is 0.500. The van der Waals surface area contributed by atoms with E-state index in [4.69, 9.17) is 0 Å². The van der Waals surface area contributed by atoms with E-state index in [1.807, 2.05) is 6.20 Å². The molecule has 0 unspecified atom stereocenters. The molecule has 0 aromatic carbocycles. The van der Waals surface area contributed by atoms with Crippen LogP contribution in [0.4, 0.5) is 0 Å². The summed E-state index contributed by atoms with van der Waals surface area (Å²) in [5.41, 5.74) is 3.32. The number of fused-ring (bicyclic) bond motifs is 1. The SMILES string of the molecule is Cc1cnc2n[nH]c(C3CCNCC3)c2c1. The Bertz CT molecular complexity index is 497. The van der Waals surface area contributed by atoms with Gasteiger partial charge in [0, 0.05) is 23.2 Å². The van der Waals surface area contributed by atoms with Crippen LogP contribution >= 0.6 is 0 Å². The first-order valence-electron chi connectivity index (χ1n) is 5.86. The summed E-state index contributed by atoms with van der Waals surface area (Å²) < 4.78 is 0. The highest BCUT2D eigenvalue weighted by Gasteiger charge is 2.19. The molecule has 1 aliphatic heterocycles. The Kier molecular flexibility index (Phi) is 2.36. The number of aryl methyl sites for hydroxylation is 1. The van der Waals surface area contributed by atoms with Gasteiger partial charge in [0.1, 0.15) is 0 Å². The number of piperidine rings is 1. The van der Waals surface area contributed by atoms with E-state index in [0.29, 0.717) is 5.92 Å². The van der Waals surface area contributed by atoms with Crippen molar-refractivity contribution in [3.63, 3.8) is 0 Å². The van der Waals surface area contributed by atoms with Crippen molar-refractivity contribution in [2.24, 2.45) is 0 Å². The zero-order valence-corrected chi connectivity index (χ0v) is 9.45. The van der Waals surface area contributed by atoms with E-state index in [1.54, 1.807) is 0 Å². The van der Waals surface area contributed by atoms with Crippen LogP contribution in [-0.2, 0) is 0 Å². The van der Waals surface area contributed by atoms with Crippen molar-refractivity contribution in [3.05, 3.63) is 23.5 Å². The summed E-state index contributed by atoms with van der Waals surface area (Å²) in [6.07, 6.45) is 4.24. The highest BCUT2D eigenvalue weighted by Crippen LogP contribution is 2.28. The molecule has 2 aromatic rings. The minimum Gasteiger partial charge on any atom is -0.317 e. The molecule has 0 bridgehead atoms. The van der Waals surface area contributed by atoms with Crippen molar-refractivity contribution in [2.75, 3.05) is 13.1 Å². The lowest BCUT2D eigenvalue weighted by atomic mass is 9.93. The van der Waals surface area contributed by atoms with Crippen molar-refractivity contribution in [2.45, 2.75) is 25.7 Å². The summed E-state index contributed by atoms with van der Waals surface area (Å²) in [4.78, 5) is 4.34. The van der Waals surface area contributed by atoms with E-state index in [-0.39, 0.29) is 0 Å². The summed E-state index contributed by atoms with van der Waals surface area (Å²) in [6.45, 7) is 4.28. The molecule has 16 heavy (non-hydrogen) atoms. The Morgan fingerprint density at radius 2 is 2.12 bits per heavy atom. The zero-order valence-electron chi connectivity index (χ0n) is 9.45. The first-order chi connectivity index (χ1) is 7.84. The molecular weight excluding hydrogens is 200 g/mol. The molecule has 84 valence electrons. The van der Waals surface area contributed by atoms with Gasteiger partial charge in [-0.3, -0.25) is 5.10 Å². The Labute approximate surface area is 94.5 Å². The summed E-state index contributed by atoms with van der Waals surface area (Å²) in [5, 5.41) is 12.0.